The first kappa shape index (κ1) is 7.41. The van der Waals surface area contributed by atoms with Crippen LogP contribution in [0.3, 0.4) is 0 Å². The van der Waals surface area contributed by atoms with Crippen molar-refractivity contribution in [3.8, 4) is 0 Å². The zero-order chi connectivity index (χ0) is 7.40. The first-order valence-corrected chi connectivity index (χ1v) is 3.86. The van der Waals surface area contributed by atoms with Crippen LogP contribution in [-0.2, 0) is 0 Å². The Hall–Kier alpha value is -0.700. The first-order valence-electron chi connectivity index (χ1n) is 2.88. The molecule has 0 fully saturated rings. The highest BCUT2D eigenvalue weighted by Gasteiger charge is 1.95. The molecular weight excluding hydrogens is 149 g/mol. The average molecular weight is 157 g/mol. The third-order valence-corrected chi connectivity index (χ3v) is 1.92. The fourth-order valence-electron chi connectivity index (χ4n) is 0.671. The smallest absolute Gasteiger partial charge is 0.139 e. The minimum atomic E-state index is -0.422. The summed E-state index contributed by atoms with van der Waals surface area (Å²) in [6.07, 6.45) is 0. The Labute approximate surface area is 63.4 Å². The number of hydrogen-bond acceptors (Lipinski definition) is 2. The van der Waals surface area contributed by atoms with Gasteiger partial charge in [-0.2, -0.15) is 0 Å². The van der Waals surface area contributed by atoms with Gasteiger partial charge in [-0.25, -0.2) is 4.39 Å². The molecule has 0 saturated heterocycles. The Kier molecular flexibility index (Phi) is 2.57. The molecule has 0 radical (unpaired) electrons. The van der Waals surface area contributed by atoms with E-state index in [1.165, 1.54) is 0 Å². The summed E-state index contributed by atoms with van der Waals surface area (Å²) in [5, 5.41) is 0. The first-order chi connectivity index (χ1) is 4.84. The second-order valence-electron chi connectivity index (χ2n) is 1.79. The molecule has 1 aromatic rings. The molecule has 54 valence electrons. The number of rotatable bonds is 2. The Bertz CT molecular complexity index is 215. The van der Waals surface area contributed by atoms with Crippen molar-refractivity contribution in [3.63, 3.8) is 0 Å². The predicted molar refractivity (Wildman–Crippen MR) is 42.7 cm³/mol. The predicted octanol–water partition coefficient (Wildman–Crippen LogP) is 2.29. The van der Waals surface area contributed by atoms with E-state index in [1.807, 2.05) is 12.1 Å². The summed E-state index contributed by atoms with van der Waals surface area (Å²) >= 11 is 1.11. The largest absolute Gasteiger partial charge is 0.398 e. The lowest BCUT2D eigenvalue weighted by atomic mass is 10.3. The molecule has 10 heavy (non-hydrogen) atoms. The van der Waals surface area contributed by atoms with Crippen LogP contribution in [-0.4, -0.2) is 6.01 Å². The van der Waals surface area contributed by atoms with Gasteiger partial charge in [0.1, 0.15) is 6.01 Å². The Morgan fingerprint density at radius 3 is 2.70 bits per heavy atom. The minimum Gasteiger partial charge on any atom is -0.398 e. The molecule has 0 aromatic heterocycles. The van der Waals surface area contributed by atoms with Crippen molar-refractivity contribution in [1.29, 1.82) is 0 Å². The number of alkyl halides is 1. The van der Waals surface area contributed by atoms with Crippen LogP contribution in [0.1, 0.15) is 0 Å². The van der Waals surface area contributed by atoms with Crippen molar-refractivity contribution < 1.29 is 4.39 Å². The van der Waals surface area contributed by atoms with E-state index in [0.717, 1.165) is 16.7 Å². The molecule has 0 bridgehead atoms. The second kappa shape index (κ2) is 3.46. The third kappa shape index (κ3) is 1.64. The molecule has 2 N–H and O–H groups in total. The molecule has 1 aromatic carbocycles. The van der Waals surface area contributed by atoms with Crippen molar-refractivity contribution in [2.45, 2.75) is 4.90 Å². The van der Waals surface area contributed by atoms with Crippen LogP contribution in [0.4, 0.5) is 10.1 Å². The van der Waals surface area contributed by atoms with Crippen LogP contribution in [0.5, 0.6) is 0 Å². The van der Waals surface area contributed by atoms with Gasteiger partial charge in [-0.3, -0.25) is 0 Å². The van der Waals surface area contributed by atoms with Gasteiger partial charge in [-0.15, -0.1) is 0 Å². The molecule has 0 amide bonds. The normalized spacial score (nSPS) is 9.70. The molecule has 1 rings (SSSR count). The molecule has 0 unspecified atom stereocenters. The van der Waals surface area contributed by atoms with Gasteiger partial charge in [0.05, 0.1) is 0 Å². The van der Waals surface area contributed by atoms with Crippen LogP contribution in [0.15, 0.2) is 29.2 Å². The van der Waals surface area contributed by atoms with E-state index in [4.69, 9.17) is 5.73 Å². The Balaban J connectivity index is 2.81. The molecule has 0 spiro atoms. The molecule has 0 atom stereocenters. The van der Waals surface area contributed by atoms with Crippen LogP contribution in [0, 0.1) is 0 Å². The zero-order valence-electron chi connectivity index (χ0n) is 5.38. The number of anilines is 1. The highest BCUT2D eigenvalue weighted by Crippen LogP contribution is 2.23. The van der Waals surface area contributed by atoms with Crippen molar-refractivity contribution in [2.75, 3.05) is 11.7 Å². The SMILES string of the molecule is Nc1ccccc1SCF. The van der Waals surface area contributed by atoms with Gasteiger partial charge in [0.25, 0.3) is 0 Å². The highest BCUT2D eigenvalue weighted by molar-refractivity contribution is 7.99. The molecule has 0 heterocycles. The van der Waals surface area contributed by atoms with Gasteiger partial charge in [0.2, 0.25) is 0 Å². The average Bonchev–Trinajstić information content (AvgIpc) is 1.94. The monoisotopic (exact) mass is 157 g/mol. The number of para-hydroxylation sites is 1. The van der Waals surface area contributed by atoms with E-state index in [2.05, 4.69) is 0 Å². The number of hydrogen-bond donors (Lipinski definition) is 1. The maximum absolute atomic E-state index is 11.8. The van der Waals surface area contributed by atoms with Gasteiger partial charge in [0.15, 0.2) is 0 Å². The van der Waals surface area contributed by atoms with Crippen molar-refractivity contribution in [3.05, 3.63) is 24.3 Å². The lowest BCUT2D eigenvalue weighted by molar-refractivity contribution is 0.606. The van der Waals surface area contributed by atoms with Gasteiger partial charge >= 0.3 is 0 Å². The van der Waals surface area contributed by atoms with E-state index in [1.54, 1.807) is 12.1 Å². The zero-order valence-corrected chi connectivity index (χ0v) is 6.20. The fraction of sp³-hybridized carbons (Fsp3) is 0.143. The topological polar surface area (TPSA) is 26.0 Å². The van der Waals surface area contributed by atoms with Gasteiger partial charge < -0.3 is 5.73 Å². The summed E-state index contributed by atoms with van der Waals surface area (Å²) in [5.41, 5.74) is 6.16. The van der Waals surface area contributed by atoms with E-state index in [9.17, 15) is 4.39 Å². The maximum atomic E-state index is 11.8. The van der Waals surface area contributed by atoms with Crippen LogP contribution >= 0.6 is 11.8 Å². The number of benzene rings is 1. The number of thioether (sulfide) groups is 1. The van der Waals surface area contributed by atoms with E-state index in [-0.39, 0.29) is 0 Å². The lowest BCUT2D eigenvalue weighted by Crippen LogP contribution is -1.86. The summed E-state index contributed by atoms with van der Waals surface area (Å²) in [6.45, 7) is 0. The Morgan fingerprint density at radius 1 is 1.40 bits per heavy atom. The molecule has 0 aliphatic rings. The number of nitrogen functional groups attached to an aromatic ring is 1. The maximum Gasteiger partial charge on any atom is 0.139 e. The van der Waals surface area contributed by atoms with Crippen LogP contribution in [0.25, 0.3) is 0 Å². The fourth-order valence-corrected chi connectivity index (χ4v) is 1.20. The number of nitrogens with two attached hydrogens (primary N) is 1. The highest BCUT2D eigenvalue weighted by atomic mass is 32.2. The summed E-state index contributed by atoms with van der Waals surface area (Å²) < 4.78 is 11.8. The lowest BCUT2D eigenvalue weighted by Gasteiger charge is -1.99. The summed E-state index contributed by atoms with van der Waals surface area (Å²) in [7, 11) is 0. The van der Waals surface area contributed by atoms with Gasteiger partial charge in [-0.05, 0) is 12.1 Å². The molecule has 0 aliphatic carbocycles. The quantitative estimate of drug-likeness (QED) is 0.526. The second-order valence-corrected chi connectivity index (χ2v) is 2.74. The van der Waals surface area contributed by atoms with Crippen molar-refractivity contribution in [1.82, 2.24) is 0 Å². The van der Waals surface area contributed by atoms with E-state index >= 15 is 0 Å². The summed E-state index contributed by atoms with van der Waals surface area (Å²) in [6, 6.07) is 6.82. The number of halogens is 1. The van der Waals surface area contributed by atoms with Crippen LogP contribution in [0.2, 0.25) is 0 Å². The summed E-state index contributed by atoms with van der Waals surface area (Å²) in [5.74, 6) is 0. The molecule has 0 saturated carbocycles. The molecule has 1 nitrogen and oxygen atoms in total. The minimum absolute atomic E-state index is 0.422. The van der Waals surface area contributed by atoms with Crippen molar-refractivity contribution in [2.24, 2.45) is 0 Å². The molecule has 3 heteroatoms. The van der Waals surface area contributed by atoms with E-state index in [0.29, 0.717) is 5.69 Å². The van der Waals surface area contributed by atoms with Crippen molar-refractivity contribution >= 4 is 17.4 Å². The molecular formula is C7H8FNS. The van der Waals surface area contributed by atoms with E-state index < -0.39 is 6.01 Å². The van der Waals surface area contributed by atoms with Gasteiger partial charge in [0, 0.05) is 10.6 Å². The third-order valence-electron chi connectivity index (χ3n) is 1.13. The standard InChI is InChI=1S/C7H8FNS/c8-5-10-7-4-2-1-3-6(7)9/h1-4H,5,9H2. The summed E-state index contributed by atoms with van der Waals surface area (Å²) in [4.78, 5) is 0.810. The van der Waals surface area contributed by atoms with Gasteiger partial charge in [-0.1, -0.05) is 23.9 Å². The Morgan fingerprint density at radius 2 is 2.10 bits per heavy atom. The van der Waals surface area contributed by atoms with Crippen LogP contribution < -0.4 is 5.73 Å². The molecule has 0 aliphatic heterocycles.